The molecule has 0 saturated carbocycles. The van der Waals surface area contributed by atoms with E-state index >= 15 is 0 Å². The molecule has 70 valence electrons. The molecular weight excluding hydrogens is 192 g/mol. The molecule has 0 aliphatic carbocycles. The first kappa shape index (κ1) is 9.21. The maximum atomic E-state index is 4.39. The largest absolute Gasteiger partial charge is 0.250 e. The van der Waals surface area contributed by atoms with Gasteiger partial charge in [0, 0.05) is 11.9 Å². The quantitative estimate of drug-likeness (QED) is 0.748. The fourth-order valence-electron chi connectivity index (χ4n) is 1.09. The number of aromatic nitrogens is 2. The lowest BCUT2D eigenvalue weighted by atomic mass is 10.4. The highest BCUT2D eigenvalue weighted by Crippen LogP contribution is 2.23. The van der Waals surface area contributed by atoms with E-state index in [1.165, 1.54) is 0 Å². The van der Waals surface area contributed by atoms with Crippen LogP contribution in [-0.2, 0) is 0 Å². The summed E-state index contributed by atoms with van der Waals surface area (Å²) in [6.07, 6.45) is 1.79. The van der Waals surface area contributed by atoms with Gasteiger partial charge in [0.25, 0.3) is 0 Å². The van der Waals surface area contributed by atoms with E-state index in [4.69, 9.17) is 0 Å². The van der Waals surface area contributed by atoms with Crippen LogP contribution in [0.25, 0.3) is 0 Å². The van der Waals surface area contributed by atoms with E-state index in [0.29, 0.717) is 0 Å². The predicted octanol–water partition coefficient (Wildman–Crippen LogP) is 2.94. The zero-order valence-corrected chi connectivity index (χ0v) is 8.66. The van der Waals surface area contributed by atoms with Crippen molar-refractivity contribution in [3.8, 4) is 0 Å². The van der Waals surface area contributed by atoms with Crippen LogP contribution in [0.5, 0.6) is 0 Å². The summed E-state index contributed by atoms with van der Waals surface area (Å²) in [6.45, 7) is 1.99. The second-order valence-electron chi connectivity index (χ2n) is 2.89. The minimum Gasteiger partial charge on any atom is -0.250 e. The van der Waals surface area contributed by atoms with Crippen LogP contribution < -0.4 is 0 Å². The zero-order valence-electron chi connectivity index (χ0n) is 7.84. The van der Waals surface area contributed by atoms with Crippen LogP contribution in [0.2, 0.25) is 0 Å². The van der Waals surface area contributed by atoms with Crippen LogP contribution in [0.3, 0.4) is 0 Å². The van der Waals surface area contributed by atoms with Gasteiger partial charge < -0.3 is 0 Å². The summed E-state index contributed by atoms with van der Waals surface area (Å²) in [4.78, 5) is 8.62. The molecule has 2 aromatic heterocycles. The highest BCUT2D eigenvalue weighted by atomic mass is 32.2. The first-order valence-electron chi connectivity index (χ1n) is 4.37. The van der Waals surface area contributed by atoms with Gasteiger partial charge in [-0.05, 0) is 31.2 Å². The third-order valence-electron chi connectivity index (χ3n) is 1.71. The smallest absolute Gasteiger partial charge is 0.102 e. The Hall–Kier alpha value is -1.35. The third kappa shape index (κ3) is 2.33. The Kier molecular flexibility index (Phi) is 2.79. The number of pyridine rings is 2. The molecule has 0 amide bonds. The van der Waals surface area contributed by atoms with E-state index in [9.17, 15) is 0 Å². The Bertz CT molecular complexity index is 415. The molecule has 14 heavy (non-hydrogen) atoms. The number of aryl methyl sites for hydroxylation is 1. The van der Waals surface area contributed by atoms with Crippen molar-refractivity contribution in [2.24, 2.45) is 0 Å². The Morgan fingerprint density at radius 3 is 2.57 bits per heavy atom. The van der Waals surface area contributed by atoms with Crippen molar-refractivity contribution in [1.29, 1.82) is 0 Å². The van der Waals surface area contributed by atoms with Crippen LogP contribution in [0.4, 0.5) is 0 Å². The van der Waals surface area contributed by atoms with E-state index < -0.39 is 0 Å². The minimum absolute atomic E-state index is 0.977. The highest BCUT2D eigenvalue weighted by molar-refractivity contribution is 7.99. The average Bonchev–Trinajstić information content (AvgIpc) is 2.19. The summed E-state index contributed by atoms with van der Waals surface area (Å²) >= 11 is 1.58. The lowest BCUT2D eigenvalue weighted by Crippen LogP contribution is -1.84. The molecule has 0 saturated heterocycles. The normalized spacial score (nSPS) is 10.1. The molecule has 3 heteroatoms. The first-order chi connectivity index (χ1) is 6.84. The number of hydrogen-bond acceptors (Lipinski definition) is 3. The van der Waals surface area contributed by atoms with E-state index in [1.807, 2.05) is 43.3 Å². The minimum atomic E-state index is 0.977. The van der Waals surface area contributed by atoms with Crippen molar-refractivity contribution in [3.05, 3.63) is 48.3 Å². The van der Waals surface area contributed by atoms with Gasteiger partial charge in [0.15, 0.2) is 0 Å². The van der Waals surface area contributed by atoms with Gasteiger partial charge in [-0.1, -0.05) is 23.9 Å². The third-order valence-corrected chi connectivity index (χ3v) is 2.60. The zero-order chi connectivity index (χ0) is 9.80. The van der Waals surface area contributed by atoms with Crippen LogP contribution >= 0.6 is 11.8 Å². The van der Waals surface area contributed by atoms with E-state index in [1.54, 1.807) is 18.0 Å². The molecule has 2 aromatic rings. The van der Waals surface area contributed by atoms with Gasteiger partial charge in [0.1, 0.15) is 10.1 Å². The van der Waals surface area contributed by atoms with Crippen molar-refractivity contribution in [2.45, 2.75) is 17.0 Å². The van der Waals surface area contributed by atoms with Gasteiger partial charge in [-0.3, -0.25) is 0 Å². The molecule has 0 fully saturated rings. The fraction of sp³-hybridized carbons (Fsp3) is 0.0909. The molecular formula is C11H10N2S. The average molecular weight is 202 g/mol. The van der Waals surface area contributed by atoms with Crippen LogP contribution in [0, 0.1) is 6.92 Å². The number of hydrogen-bond donors (Lipinski definition) is 0. The van der Waals surface area contributed by atoms with Gasteiger partial charge in [0.2, 0.25) is 0 Å². The first-order valence-corrected chi connectivity index (χ1v) is 5.19. The van der Waals surface area contributed by atoms with Crippen LogP contribution in [0.15, 0.2) is 52.6 Å². The topological polar surface area (TPSA) is 25.8 Å². The van der Waals surface area contributed by atoms with Crippen molar-refractivity contribution < 1.29 is 0 Å². The summed E-state index contributed by atoms with van der Waals surface area (Å²) < 4.78 is 0. The molecule has 0 unspecified atom stereocenters. The molecule has 0 atom stereocenters. The fourth-order valence-corrected chi connectivity index (χ4v) is 1.90. The van der Waals surface area contributed by atoms with Gasteiger partial charge in [0.05, 0.1) is 0 Å². The standard InChI is InChI=1S/C11H10N2S/c1-9-5-4-7-11(13-9)14-10-6-2-3-8-12-10/h2-8H,1H3. The summed E-state index contributed by atoms with van der Waals surface area (Å²) in [6, 6.07) is 11.9. The Balaban J connectivity index is 2.19. The van der Waals surface area contributed by atoms with E-state index in [2.05, 4.69) is 9.97 Å². The number of nitrogens with zero attached hydrogens (tertiary/aromatic N) is 2. The van der Waals surface area contributed by atoms with Crippen molar-refractivity contribution >= 4 is 11.8 Å². The van der Waals surface area contributed by atoms with Gasteiger partial charge in [-0.25, -0.2) is 9.97 Å². The highest BCUT2D eigenvalue weighted by Gasteiger charge is 1.98. The molecule has 0 aromatic carbocycles. The predicted molar refractivity (Wildman–Crippen MR) is 57.3 cm³/mol. The Labute approximate surface area is 87.4 Å². The molecule has 0 aliphatic rings. The molecule has 2 nitrogen and oxygen atoms in total. The Morgan fingerprint density at radius 2 is 1.86 bits per heavy atom. The van der Waals surface area contributed by atoms with Crippen molar-refractivity contribution in [1.82, 2.24) is 9.97 Å². The van der Waals surface area contributed by atoms with Crippen molar-refractivity contribution in [3.63, 3.8) is 0 Å². The maximum Gasteiger partial charge on any atom is 0.102 e. The lowest BCUT2D eigenvalue weighted by molar-refractivity contribution is 1.05. The molecule has 0 radical (unpaired) electrons. The maximum absolute atomic E-state index is 4.39. The van der Waals surface area contributed by atoms with Gasteiger partial charge in [-0.15, -0.1) is 0 Å². The lowest BCUT2D eigenvalue weighted by Gasteiger charge is -1.99. The summed E-state index contributed by atoms with van der Waals surface area (Å²) in [7, 11) is 0. The van der Waals surface area contributed by atoms with Crippen LogP contribution in [0.1, 0.15) is 5.69 Å². The molecule has 0 bridgehead atoms. The summed E-state index contributed by atoms with van der Waals surface area (Å²) in [5.74, 6) is 0. The summed E-state index contributed by atoms with van der Waals surface area (Å²) in [5.41, 5.74) is 1.03. The molecule has 2 rings (SSSR count). The van der Waals surface area contributed by atoms with Crippen LogP contribution in [-0.4, -0.2) is 9.97 Å². The second-order valence-corrected chi connectivity index (χ2v) is 3.93. The van der Waals surface area contributed by atoms with Crippen molar-refractivity contribution in [2.75, 3.05) is 0 Å². The summed E-state index contributed by atoms with van der Waals surface area (Å²) in [5, 5.41) is 1.97. The molecule has 0 aliphatic heterocycles. The Morgan fingerprint density at radius 1 is 1.00 bits per heavy atom. The van der Waals surface area contributed by atoms with E-state index in [-0.39, 0.29) is 0 Å². The molecule has 2 heterocycles. The van der Waals surface area contributed by atoms with Gasteiger partial charge in [-0.2, -0.15) is 0 Å². The second kappa shape index (κ2) is 4.24. The van der Waals surface area contributed by atoms with E-state index in [0.717, 1.165) is 15.7 Å². The molecule has 0 spiro atoms. The SMILES string of the molecule is Cc1cccc(Sc2ccccn2)n1. The monoisotopic (exact) mass is 202 g/mol. The molecule has 0 N–H and O–H groups in total. The number of rotatable bonds is 2. The van der Waals surface area contributed by atoms with Gasteiger partial charge >= 0.3 is 0 Å².